The van der Waals surface area contributed by atoms with Crippen LogP contribution < -0.4 is 5.32 Å². The van der Waals surface area contributed by atoms with Crippen molar-refractivity contribution in [3.05, 3.63) is 0 Å². The number of nitriles is 1. The molecule has 0 aromatic heterocycles. The minimum absolute atomic E-state index is 0.0787. The summed E-state index contributed by atoms with van der Waals surface area (Å²) in [5.74, 6) is 0. The number of nitrogens with one attached hydrogen (secondary N) is 1. The first-order valence-corrected chi connectivity index (χ1v) is 3.66. The molecule has 0 spiro atoms. The van der Waals surface area contributed by atoms with E-state index in [4.69, 9.17) is 5.26 Å². The highest BCUT2D eigenvalue weighted by molar-refractivity contribution is 5.74. The molecule has 62 valence electrons. The van der Waals surface area contributed by atoms with Crippen molar-refractivity contribution in [1.29, 1.82) is 5.26 Å². The minimum atomic E-state index is -0.170. The van der Waals surface area contributed by atoms with Crippen molar-refractivity contribution in [3.63, 3.8) is 0 Å². The van der Waals surface area contributed by atoms with Gasteiger partial charge in [0.15, 0.2) is 0 Å². The molecule has 2 amide bonds. The summed E-state index contributed by atoms with van der Waals surface area (Å²) in [4.78, 5) is 12.7. The van der Waals surface area contributed by atoms with Crippen molar-refractivity contribution in [3.8, 4) is 6.07 Å². The molecule has 0 radical (unpaired) electrons. The quantitative estimate of drug-likeness (QED) is 0.605. The van der Waals surface area contributed by atoms with Gasteiger partial charge in [-0.2, -0.15) is 5.26 Å². The van der Waals surface area contributed by atoms with Crippen molar-refractivity contribution in [2.45, 2.75) is 13.8 Å². The van der Waals surface area contributed by atoms with E-state index >= 15 is 0 Å². The lowest BCUT2D eigenvalue weighted by Gasteiger charge is -2.17. The molecular formula is C7H13N3O. The molecule has 0 atom stereocenters. The Bertz CT molecular complexity index is 158. The fraction of sp³-hybridized carbons (Fsp3) is 0.714. The fourth-order valence-corrected chi connectivity index (χ4v) is 0.738. The second-order valence-corrected chi connectivity index (χ2v) is 1.99. The number of urea groups is 1. The number of carbonyl (C=O) groups is 1. The van der Waals surface area contributed by atoms with Crippen LogP contribution in [0.15, 0.2) is 0 Å². The Labute approximate surface area is 66.8 Å². The molecule has 11 heavy (non-hydrogen) atoms. The highest BCUT2D eigenvalue weighted by Crippen LogP contribution is 1.86. The molecule has 0 aromatic carbocycles. The summed E-state index contributed by atoms with van der Waals surface area (Å²) in [5, 5.41) is 10.6. The van der Waals surface area contributed by atoms with Gasteiger partial charge in [-0.3, -0.25) is 0 Å². The molecule has 0 saturated heterocycles. The van der Waals surface area contributed by atoms with Gasteiger partial charge in [-0.05, 0) is 13.8 Å². The Hall–Kier alpha value is -1.24. The van der Waals surface area contributed by atoms with Gasteiger partial charge in [-0.25, -0.2) is 4.79 Å². The first-order valence-electron chi connectivity index (χ1n) is 3.66. The summed E-state index contributed by atoms with van der Waals surface area (Å²) < 4.78 is 0. The molecule has 4 heteroatoms. The van der Waals surface area contributed by atoms with E-state index in [-0.39, 0.29) is 12.6 Å². The van der Waals surface area contributed by atoms with Crippen molar-refractivity contribution < 1.29 is 4.79 Å². The Morgan fingerprint density at radius 3 is 2.45 bits per heavy atom. The molecule has 0 saturated carbocycles. The van der Waals surface area contributed by atoms with Gasteiger partial charge < -0.3 is 10.2 Å². The minimum Gasteiger partial charge on any atom is -0.325 e. The number of nitrogens with zero attached hydrogens (tertiary/aromatic N) is 2. The van der Waals surface area contributed by atoms with Crippen LogP contribution in [0.3, 0.4) is 0 Å². The molecule has 0 fully saturated rings. The van der Waals surface area contributed by atoms with Crippen molar-refractivity contribution in [2.75, 3.05) is 19.6 Å². The van der Waals surface area contributed by atoms with Crippen LogP contribution in [0.4, 0.5) is 4.79 Å². The summed E-state index contributed by atoms with van der Waals surface area (Å²) in [5.41, 5.74) is 0. The summed E-state index contributed by atoms with van der Waals surface area (Å²) >= 11 is 0. The van der Waals surface area contributed by atoms with Crippen LogP contribution >= 0.6 is 0 Å². The highest BCUT2D eigenvalue weighted by atomic mass is 16.2. The lowest BCUT2D eigenvalue weighted by Crippen LogP contribution is -2.39. The first-order chi connectivity index (χ1) is 5.26. The van der Waals surface area contributed by atoms with Crippen molar-refractivity contribution in [2.24, 2.45) is 0 Å². The Kier molecular flexibility index (Phi) is 4.91. The highest BCUT2D eigenvalue weighted by Gasteiger charge is 2.06. The van der Waals surface area contributed by atoms with Gasteiger partial charge in [-0.15, -0.1) is 0 Å². The average Bonchev–Trinajstić information content (AvgIpc) is 2.03. The van der Waals surface area contributed by atoms with Crippen molar-refractivity contribution in [1.82, 2.24) is 10.2 Å². The Morgan fingerprint density at radius 2 is 2.09 bits per heavy atom. The molecule has 1 N–H and O–H groups in total. The van der Waals surface area contributed by atoms with E-state index in [1.807, 2.05) is 19.9 Å². The number of hydrogen-bond acceptors (Lipinski definition) is 2. The topological polar surface area (TPSA) is 56.1 Å². The summed E-state index contributed by atoms with van der Waals surface area (Å²) in [6, 6.07) is 1.67. The van der Waals surface area contributed by atoms with Gasteiger partial charge >= 0.3 is 6.03 Å². The van der Waals surface area contributed by atoms with E-state index < -0.39 is 0 Å². The zero-order valence-corrected chi connectivity index (χ0v) is 6.92. The van der Waals surface area contributed by atoms with E-state index in [9.17, 15) is 4.79 Å². The van der Waals surface area contributed by atoms with E-state index in [1.165, 1.54) is 0 Å². The molecule has 0 rings (SSSR count). The summed E-state index contributed by atoms with van der Waals surface area (Å²) in [6.07, 6.45) is 0. The van der Waals surface area contributed by atoms with Gasteiger partial charge in [-0.1, -0.05) is 0 Å². The normalized spacial score (nSPS) is 8.45. The van der Waals surface area contributed by atoms with Gasteiger partial charge in [0, 0.05) is 13.1 Å². The molecule has 0 heterocycles. The number of hydrogen-bond donors (Lipinski definition) is 1. The third kappa shape index (κ3) is 3.46. The predicted octanol–water partition coefficient (Wildman–Crippen LogP) is 0.561. The summed E-state index contributed by atoms with van der Waals surface area (Å²) in [7, 11) is 0. The van der Waals surface area contributed by atoms with Crippen molar-refractivity contribution >= 4 is 6.03 Å². The number of amides is 2. The zero-order valence-electron chi connectivity index (χ0n) is 6.92. The van der Waals surface area contributed by atoms with Crippen LogP contribution in [-0.2, 0) is 0 Å². The lowest BCUT2D eigenvalue weighted by molar-refractivity contribution is 0.204. The van der Waals surface area contributed by atoms with E-state index in [1.54, 1.807) is 4.90 Å². The van der Waals surface area contributed by atoms with Gasteiger partial charge in [0.1, 0.15) is 6.54 Å². The molecule has 0 aliphatic rings. The number of rotatable bonds is 3. The van der Waals surface area contributed by atoms with Crippen LogP contribution in [-0.4, -0.2) is 30.6 Å². The molecule has 0 bridgehead atoms. The third-order valence-corrected chi connectivity index (χ3v) is 1.37. The molecular weight excluding hydrogens is 142 g/mol. The maximum Gasteiger partial charge on any atom is 0.318 e. The second kappa shape index (κ2) is 5.54. The fourth-order valence-electron chi connectivity index (χ4n) is 0.738. The van der Waals surface area contributed by atoms with Gasteiger partial charge in [0.2, 0.25) is 0 Å². The van der Waals surface area contributed by atoms with Crippen LogP contribution in [0.1, 0.15) is 13.8 Å². The molecule has 0 aromatic rings. The van der Waals surface area contributed by atoms with Crippen LogP contribution in [0.25, 0.3) is 0 Å². The predicted molar refractivity (Wildman–Crippen MR) is 41.9 cm³/mol. The van der Waals surface area contributed by atoms with E-state index in [0.717, 1.165) is 0 Å². The van der Waals surface area contributed by atoms with Crippen LogP contribution in [0, 0.1) is 11.3 Å². The Morgan fingerprint density at radius 1 is 1.55 bits per heavy atom. The molecule has 0 unspecified atom stereocenters. The Balaban J connectivity index is 3.72. The van der Waals surface area contributed by atoms with Crippen LogP contribution in [0.5, 0.6) is 0 Å². The maximum absolute atomic E-state index is 11.0. The van der Waals surface area contributed by atoms with Gasteiger partial charge in [0.05, 0.1) is 6.07 Å². The molecule has 4 nitrogen and oxygen atoms in total. The van der Waals surface area contributed by atoms with Crippen LogP contribution in [0.2, 0.25) is 0 Å². The SMILES string of the molecule is CCN(CC)C(=O)NCC#N. The maximum atomic E-state index is 11.0. The lowest BCUT2D eigenvalue weighted by atomic mass is 10.5. The zero-order chi connectivity index (χ0) is 8.69. The first kappa shape index (κ1) is 9.76. The van der Waals surface area contributed by atoms with E-state index in [2.05, 4.69) is 5.32 Å². The average molecular weight is 155 g/mol. The third-order valence-electron chi connectivity index (χ3n) is 1.37. The van der Waals surface area contributed by atoms with E-state index in [0.29, 0.717) is 13.1 Å². The second-order valence-electron chi connectivity index (χ2n) is 1.99. The molecule has 0 aliphatic carbocycles. The monoisotopic (exact) mass is 155 g/mol. The summed E-state index contributed by atoms with van der Waals surface area (Å²) in [6.45, 7) is 5.22. The number of carbonyl (C=O) groups excluding carboxylic acids is 1. The molecule has 0 aliphatic heterocycles. The largest absolute Gasteiger partial charge is 0.325 e. The smallest absolute Gasteiger partial charge is 0.318 e. The standard InChI is InChI=1S/C7H13N3O/c1-3-10(4-2)7(11)9-6-5-8/h3-4,6H2,1-2H3,(H,9,11). The van der Waals surface area contributed by atoms with Gasteiger partial charge in [0.25, 0.3) is 0 Å².